The summed E-state index contributed by atoms with van der Waals surface area (Å²) >= 11 is 3.11. The van der Waals surface area contributed by atoms with E-state index in [2.05, 4.69) is 31.9 Å². The number of alkyl halides is 1. The normalized spacial score (nSPS) is 25.8. The maximum absolute atomic E-state index is 14.0. The minimum atomic E-state index is -1.94. The quantitative estimate of drug-likeness (QED) is 0.145. The lowest BCUT2D eigenvalue weighted by Gasteiger charge is -2.40. The van der Waals surface area contributed by atoms with Gasteiger partial charge in [0.15, 0.2) is 17.1 Å². The van der Waals surface area contributed by atoms with Crippen LogP contribution in [-0.2, 0) is 42.7 Å². The summed E-state index contributed by atoms with van der Waals surface area (Å²) in [4.78, 5) is 70.4. The second-order valence-electron chi connectivity index (χ2n) is 15.1. The van der Waals surface area contributed by atoms with Crippen LogP contribution in [0.25, 0.3) is 22.3 Å². The number of hydrogen-bond acceptors (Lipinski definition) is 10. The van der Waals surface area contributed by atoms with Gasteiger partial charge in [-0.05, 0) is 68.1 Å². The summed E-state index contributed by atoms with van der Waals surface area (Å²) < 4.78 is 18.4. The maximum Gasteiger partial charge on any atom is 0.343 e. The fourth-order valence-electron chi connectivity index (χ4n) is 8.88. The average Bonchev–Trinajstić information content (AvgIpc) is 3.88. The third-order valence-electron chi connectivity index (χ3n) is 11.6. The molecule has 3 aliphatic heterocycles. The van der Waals surface area contributed by atoms with E-state index in [0.29, 0.717) is 34.8 Å². The molecule has 3 saturated carbocycles. The van der Waals surface area contributed by atoms with Gasteiger partial charge in [-0.25, -0.2) is 9.78 Å². The Hall–Kier alpha value is -4.50. The maximum atomic E-state index is 14.0. The van der Waals surface area contributed by atoms with Gasteiger partial charge in [0.1, 0.15) is 18.7 Å². The molecule has 15 heteroatoms. The smallest absolute Gasteiger partial charge is 0.343 e. The van der Waals surface area contributed by atoms with Gasteiger partial charge in [0, 0.05) is 28.1 Å². The van der Waals surface area contributed by atoms with Gasteiger partial charge in [0.2, 0.25) is 24.5 Å². The number of aromatic nitrogens is 2. The van der Waals surface area contributed by atoms with Gasteiger partial charge in [-0.3, -0.25) is 19.2 Å². The Bertz CT molecular complexity index is 2140. The third-order valence-corrected chi connectivity index (χ3v) is 12.1. The summed E-state index contributed by atoms with van der Waals surface area (Å²) in [5.41, 5.74) is 1.43. The highest BCUT2D eigenvalue weighted by molar-refractivity contribution is 9.09. The highest BCUT2D eigenvalue weighted by Gasteiger charge is 2.58. The van der Waals surface area contributed by atoms with Crippen molar-refractivity contribution in [1.29, 1.82) is 0 Å². The molecule has 0 unspecified atom stereocenters. The first-order valence-electron chi connectivity index (χ1n) is 17.7. The summed E-state index contributed by atoms with van der Waals surface area (Å²) in [6.07, 6.45) is 2.17. The molecule has 1 aromatic carbocycles. The van der Waals surface area contributed by atoms with Crippen molar-refractivity contribution in [3.05, 3.63) is 50.8 Å². The van der Waals surface area contributed by atoms with Crippen LogP contribution in [0, 0.1) is 11.8 Å². The highest BCUT2D eigenvalue weighted by Crippen LogP contribution is 2.62. The number of nitrogens with one attached hydrogen (secondary N) is 3. The van der Waals surface area contributed by atoms with Gasteiger partial charge < -0.3 is 39.8 Å². The number of rotatable bonds is 9. The van der Waals surface area contributed by atoms with E-state index >= 15 is 0 Å². The number of nitrogens with zero attached hydrogens (tertiary/aromatic N) is 2. The Balaban J connectivity index is 1.12. The standard InChI is InChI=1S/C37H40BrN5O9/c1-5-37(49)23-7-25-31-21(13-43(25)34(47)22(23)14-50-35(37)48)29(19-6-26-27(52-15-51-26)8-24(19)40-31)20-11-36(9-18(20)10-36)42-32(45)17(4)39-33(46)30(16(2)3)41-28(44)12-38/h6-8,16-18,20,30,49H,5,9-15H2,1-4H3,(H,39,46)(H,41,44)(H,42,45)/t17-,18?,20-,30-,36?,37-/m0/s1. The van der Waals surface area contributed by atoms with E-state index < -0.39 is 35.1 Å². The minimum absolute atomic E-state index is 0.00623. The molecule has 6 aliphatic rings. The summed E-state index contributed by atoms with van der Waals surface area (Å²) in [6, 6.07) is 3.87. The monoisotopic (exact) mass is 777 g/mol. The number of amides is 3. The van der Waals surface area contributed by atoms with E-state index in [4.69, 9.17) is 19.2 Å². The Morgan fingerprint density at radius 1 is 1.02 bits per heavy atom. The largest absolute Gasteiger partial charge is 0.458 e. The number of aliphatic hydroxyl groups is 1. The molecule has 3 aromatic rings. The molecule has 5 heterocycles. The number of esters is 1. The molecular formula is C37H40BrN5O9. The van der Waals surface area contributed by atoms with Crippen molar-refractivity contribution in [3.8, 4) is 22.9 Å². The molecule has 4 N–H and O–H groups in total. The van der Waals surface area contributed by atoms with Crippen LogP contribution >= 0.6 is 15.9 Å². The number of carbonyl (C=O) groups is 4. The number of pyridine rings is 2. The first-order chi connectivity index (χ1) is 24.8. The Morgan fingerprint density at radius 2 is 1.75 bits per heavy atom. The Kier molecular flexibility index (Phi) is 8.17. The molecule has 0 saturated heterocycles. The molecule has 3 fully saturated rings. The number of carbonyl (C=O) groups excluding carboxylic acids is 4. The van der Waals surface area contributed by atoms with Crippen LogP contribution in [0.1, 0.15) is 81.5 Å². The number of fused-ring (bicyclic) bond motifs is 7. The van der Waals surface area contributed by atoms with Gasteiger partial charge in [0.05, 0.1) is 34.3 Å². The molecule has 2 bridgehead atoms. The number of benzene rings is 1. The second kappa shape index (κ2) is 12.3. The van der Waals surface area contributed by atoms with Crippen molar-refractivity contribution in [2.45, 2.75) is 95.7 Å². The van der Waals surface area contributed by atoms with Gasteiger partial charge in [-0.15, -0.1) is 0 Å². The van der Waals surface area contributed by atoms with Gasteiger partial charge in [-0.1, -0.05) is 36.7 Å². The van der Waals surface area contributed by atoms with Crippen molar-refractivity contribution in [3.63, 3.8) is 0 Å². The van der Waals surface area contributed by atoms with Crippen LogP contribution < -0.4 is 31.0 Å². The summed E-state index contributed by atoms with van der Waals surface area (Å²) in [6.45, 7) is 7.08. The van der Waals surface area contributed by atoms with Crippen LogP contribution in [-0.4, -0.2) is 68.1 Å². The van der Waals surface area contributed by atoms with Gasteiger partial charge in [0.25, 0.3) is 5.56 Å². The lowest BCUT2D eigenvalue weighted by atomic mass is 9.74. The van der Waals surface area contributed by atoms with Crippen molar-refractivity contribution >= 4 is 50.5 Å². The van der Waals surface area contributed by atoms with E-state index in [-0.39, 0.29) is 77.9 Å². The molecule has 3 amide bonds. The van der Waals surface area contributed by atoms with E-state index in [0.717, 1.165) is 29.4 Å². The highest BCUT2D eigenvalue weighted by atomic mass is 79.9. The van der Waals surface area contributed by atoms with Crippen molar-refractivity contribution in [2.24, 2.45) is 11.8 Å². The van der Waals surface area contributed by atoms with Crippen molar-refractivity contribution in [2.75, 3.05) is 12.1 Å². The van der Waals surface area contributed by atoms with E-state index in [1.165, 1.54) is 0 Å². The minimum Gasteiger partial charge on any atom is -0.458 e. The SMILES string of the molecule is CC[C@@]1(O)C(=O)OCc2c1cc1n(c2=O)Cc2c-1nc1cc3c(cc1c2[C@H]1CC2(NC(=O)[C@H](C)NC(=O)[C@@H](NC(=O)CBr)C(C)C)CC1C2)OCO3. The molecule has 9 rings (SSSR count). The number of hydrogen-bond donors (Lipinski definition) is 4. The predicted octanol–water partition coefficient (Wildman–Crippen LogP) is 2.60. The van der Waals surface area contributed by atoms with E-state index in [9.17, 15) is 29.1 Å². The van der Waals surface area contributed by atoms with Gasteiger partial charge in [-0.2, -0.15) is 0 Å². The van der Waals surface area contributed by atoms with Crippen LogP contribution in [0.3, 0.4) is 0 Å². The van der Waals surface area contributed by atoms with E-state index in [1.807, 2.05) is 26.0 Å². The summed E-state index contributed by atoms with van der Waals surface area (Å²) in [7, 11) is 0. The zero-order valence-electron chi connectivity index (χ0n) is 29.3. The van der Waals surface area contributed by atoms with Crippen LogP contribution in [0.2, 0.25) is 0 Å². The lowest BCUT2D eigenvalue weighted by Crippen LogP contribution is -2.59. The fourth-order valence-corrected chi connectivity index (χ4v) is 9.04. The predicted molar refractivity (Wildman–Crippen MR) is 190 cm³/mol. The Morgan fingerprint density at radius 3 is 2.44 bits per heavy atom. The second-order valence-corrected chi connectivity index (χ2v) is 15.6. The molecule has 3 aliphatic carbocycles. The first-order valence-corrected chi connectivity index (χ1v) is 18.8. The molecular weight excluding hydrogens is 738 g/mol. The van der Waals surface area contributed by atoms with Crippen LogP contribution in [0.15, 0.2) is 23.0 Å². The number of ether oxygens (including phenoxy) is 3. The molecule has 0 spiro atoms. The number of halogens is 1. The molecule has 14 nitrogen and oxygen atoms in total. The fraction of sp³-hybridized carbons (Fsp3) is 0.514. The summed E-state index contributed by atoms with van der Waals surface area (Å²) in [5, 5.41) is 21.1. The third kappa shape index (κ3) is 5.21. The molecule has 2 aromatic heterocycles. The van der Waals surface area contributed by atoms with Crippen molar-refractivity contribution < 1.29 is 38.5 Å². The van der Waals surface area contributed by atoms with Gasteiger partial charge >= 0.3 is 5.97 Å². The molecule has 4 atom stereocenters. The van der Waals surface area contributed by atoms with Crippen LogP contribution in [0.4, 0.5) is 0 Å². The molecule has 0 radical (unpaired) electrons. The molecule has 274 valence electrons. The average molecular weight is 779 g/mol. The Labute approximate surface area is 307 Å². The number of cyclic esters (lactones) is 1. The van der Waals surface area contributed by atoms with E-state index in [1.54, 1.807) is 24.5 Å². The topological polar surface area (TPSA) is 187 Å². The van der Waals surface area contributed by atoms with Crippen LogP contribution in [0.5, 0.6) is 11.5 Å². The van der Waals surface area contributed by atoms with Crippen molar-refractivity contribution in [1.82, 2.24) is 25.5 Å². The summed E-state index contributed by atoms with van der Waals surface area (Å²) in [5.74, 6) is -0.604. The zero-order valence-corrected chi connectivity index (χ0v) is 30.8. The lowest BCUT2D eigenvalue weighted by molar-refractivity contribution is -0.172. The first kappa shape index (κ1) is 34.6. The molecule has 52 heavy (non-hydrogen) atoms. The zero-order chi connectivity index (χ0) is 36.9.